The molecule has 0 saturated carbocycles. The lowest BCUT2D eigenvalue weighted by atomic mass is 10.2. The smallest absolute Gasteiger partial charge is 0.255 e. The van der Waals surface area contributed by atoms with Gasteiger partial charge in [0.25, 0.3) is 5.91 Å². The SMILES string of the molecule is Cc1cc(C(=O)Nc2c(F)cc(Br)cc2F)cc(Cl)n1. The first-order valence-corrected chi connectivity index (χ1v) is 6.64. The van der Waals surface area contributed by atoms with E-state index < -0.39 is 23.2 Å². The van der Waals surface area contributed by atoms with Crippen LogP contribution in [0.15, 0.2) is 28.7 Å². The van der Waals surface area contributed by atoms with Gasteiger partial charge in [0.1, 0.15) is 10.8 Å². The minimum atomic E-state index is -0.873. The molecule has 1 heterocycles. The van der Waals surface area contributed by atoms with Gasteiger partial charge in [-0.3, -0.25) is 4.79 Å². The van der Waals surface area contributed by atoms with Crippen LogP contribution < -0.4 is 5.32 Å². The second kappa shape index (κ2) is 5.85. The van der Waals surface area contributed by atoms with Gasteiger partial charge >= 0.3 is 0 Å². The number of anilines is 1. The zero-order valence-electron chi connectivity index (χ0n) is 10.2. The summed E-state index contributed by atoms with van der Waals surface area (Å²) < 4.78 is 27.5. The minimum absolute atomic E-state index is 0.131. The molecule has 0 radical (unpaired) electrons. The lowest BCUT2D eigenvalue weighted by Gasteiger charge is -2.09. The highest BCUT2D eigenvalue weighted by atomic mass is 79.9. The molecule has 3 nitrogen and oxygen atoms in total. The predicted molar refractivity (Wildman–Crippen MR) is 76.0 cm³/mol. The fourth-order valence-corrected chi connectivity index (χ4v) is 2.26. The largest absolute Gasteiger partial charge is 0.317 e. The summed E-state index contributed by atoms with van der Waals surface area (Å²) in [6.45, 7) is 1.66. The molecule has 0 unspecified atom stereocenters. The maximum Gasteiger partial charge on any atom is 0.255 e. The standard InChI is InChI=1S/C13H8BrClF2N2O/c1-6-2-7(3-11(15)18-6)13(20)19-12-9(16)4-8(14)5-10(12)17/h2-5H,1H3,(H,19,20). The maximum atomic E-state index is 13.6. The van der Waals surface area contributed by atoms with Crippen LogP contribution in [0.2, 0.25) is 5.15 Å². The van der Waals surface area contributed by atoms with Crippen LogP contribution >= 0.6 is 27.5 Å². The van der Waals surface area contributed by atoms with E-state index in [4.69, 9.17) is 11.6 Å². The zero-order valence-corrected chi connectivity index (χ0v) is 12.5. The van der Waals surface area contributed by atoms with Gasteiger partial charge in [0, 0.05) is 15.7 Å². The summed E-state index contributed by atoms with van der Waals surface area (Å²) in [5.74, 6) is -2.42. The lowest BCUT2D eigenvalue weighted by Crippen LogP contribution is -2.15. The van der Waals surface area contributed by atoms with Gasteiger partial charge in [0.05, 0.1) is 0 Å². The van der Waals surface area contributed by atoms with E-state index in [0.29, 0.717) is 5.69 Å². The highest BCUT2D eigenvalue weighted by Gasteiger charge is 2.15. The molecule has 0 bridgehead atoms. The van der Waals surface area contributed by atoms with E-state index >= 15 is 0 Å². The number of aryl methyl sites for hydroxylation is 1. The van der Waals surface area contributed by atoms with E-state index in [1.807, 2.05) is 0 Å². The molecule has 0 aliphatic carbocycles. The average Bonchev–Trinajstić information content (AvgIpc) is 2.32. The average molecular weight is 362 g/mol. The Bertz CT molecular complexity index is 651. The Balaban J connectivity index is 2.32. The van der Waals surface area contributed by atoms with Crippen LogP contribution in [0.4, 0.5) is 14.5 Å². The van der Waals surface area contributed by atoms with Gasteiger partial charge in [0.2, 0.25) is 0 Å². The molecule has 1 aromatic heterocycles. The highest BCUT2D eigenvalue weighted by Crippen LogP contribution is 2.24. The van der Waals surface area contributed by atoms with E-state index in [0.717, 1.165) is 12.1 Å². The Labute approximate surface area is 127 Å². The molecule has 1 N–H and O–H groups in total. The van der Waals surface area contributed by atoms with Crippen LogP contribution in [-0.2, 0) is 0 Å². The molecular formula is C13H8BrClF2N2O. The van der Waals surface area contributed by atoms with Crippen LogP contribution in [0.25, 0.3) is 0 Å². The molecule has 0 fully saturated rings. The second-order valence-electron chi connectivity index (χ2n) is 4.02. The van der Waals surface area contributed by atoms with Crippen molar-refractivity contribution in [3.05, 3.63) is 56.8 Å². The fourth-order valence-electron chi connectivity index (χ4n) is 1.61. The third-order valence-electron chi connectivity index (χ3n) is 2.43. The van der Waals surface area contributed by atoms with Gasteiger partial charge in [-0.15, -0.1) is 0 Å². The molecule has 2 rings (SSSR count). The first-order valence-electron chi connectivity index (χ1n) is 5.47. The second-order valence-corrected chi connectivity index (χ2v) is 5.32. The van der Waals surface area contributed by atoms with Crippen molar-refractivity contribution in [2.24, 2.45) is 0 Å². The van der Waals surface area contributed by atoms with Crippen molar-refractivity contribution >= 4 is 39.1 Å². The fraction of sp³-hybridized carbons (Fsp3) is 0.0769. The Hall–Kier alpha value is -1.53. The number of amides is 1. The molecule has 0 aliphatic heterocycles. The van der Waals surface area contributed by atoms with E-state index in [9.17, 15) is 13.6 Å². The van der Waals surface area contributed by atoms with Crippen molar-refractivity contribution in [3.8, 4) is 0 Å². The Morgan fingerprint density at radius 1 is 1.25 bits per heavy atom. The van der Waals surface area contributed by atoms with Crippen LogP contribution in [0.5, 0.6) is 0 Å². The van der Waals surface area contributed by atoms with Crippen molar-refractivity contribution in [1.29, 1.82) is 0 Å². The number of carbonyl (C=O) groups excluding carboxylic acids is 1. The summed E-state index contributed by atoms with van der Waals surface area (Å²) in [5, 5.41) is 2.31. The van der Waals surface area contributed by atoms with Crippen molar-refractivity contribution in [1.82, 2.24) is 4.98 Å². The van der Waals surface area contributed by atoms with Crippen molar-refractivity contribution in [2.75, 3.05) is 5.32 Å². The van der Waals surface area contributed by atoms with E-state index in [-0.39, 0.29) is 15.2 Å². The maximum absolute atomic E-state index is 13.6. The normalized spacial score (nSPS) is 10.4. The number of rotatable bonds is 2. The summed E-state index contributed by atoms with van der Waals surface area (Å²) in [7, 11) is 0. The van der Waals surface area contributed by atoms with Crippen molar-refractivity contribution < 1.29 is 13.6 Å². The van der Waals surface area contributed by atoms with E-state index in [1.165, 1.54) is 12.1 Å². The lowest BCUT2D eigenvalue weighted by molar-refractivity contribution is 0.102. The highest BCUT2D eigenvalue weighted by molar-refractivity contribution is 9.10. The van der Waals surface area contributed by atoms with Gasteiger partial charge < -0.3 is 5.32 Å². The van der Waals surface area contributed by atoms with E-state index in [1.54, 1.807) is 6.92 Å². The number of nitrogens with zero attached hydrogens (tertiary/aromatic N) is 1. The number of hydrogen-bond donors (Lipinski definition) is 1. The summed E-state index contributed by atoms with van der Waals surface area (Å²) in [6.07, 6.45) is 0. The summed E-state index contributed by atoms with van der Waals surface area (Å²) in [5.41, 5.74) is 0.187. The van der Waals surface area contributed by atoms with Gasteiger partial charge in [-0.2, -0.15) is 0 Å². The van der Waals surface area contributed by atoms with Crippen LogP contribution in [0, 0.1) is 18.6 Å². The van der Waals surface area contributed by atoms with Crippen LogP contribution in [0.3, 0.4) is 0 Å². The Morgan fingerprint density at radius 3 is 2.40 bits per heavy atom. The molecule has 104 valence electrons. The van der Waals surface area contributed by atoms with E-state index in [2.05, 4.69) is 26.2 Å². The first-order chi connectivity index (χ1) is 9.36. The Kier molecular flexibility index (Phi) is 4.35. The van der Waals surface area contributed by atoms with Gasteiger partial charge in [0.15, 0.2) is 11.6 Å². The molecule has 0 aliphatic rings. The number of aromatic nitrogens is 1. The number of pyridine rings is 1. The topological polar surface area (TPSA) is 42.0 Å². The molecule has 0 spiro atoms. The van der Waals surface area contributed by atoms with Crippen LogP contribution in [0.1, 0.15) is 16.1 Å². The molecule has 1 amide bonds. The summed E-state index contributed by atoms with van der Waals surface area (Å²) in [6, 6.07) is 4.90. The molecular weight excluding hydrogens is 354 g/mol. The van der Waals surface area contributed by atoms with Crippen molar-refractivity contribution in [3.63, 3.8) is 0 Å². The quantitative estimate of drug-likeness (QED) is 0.809. The number of benzene rings is 1. The van der Waals surface area contributed by atoms with Crippen molar-refractivity contribution in [2.45, 2.75) is 6.92 Å². The molecule has 0 saturated heterocycles. The Morgan fingerprint density at radius 2 is 1.85 bits per heavy atom. The van der Waals surface area contributed by atoms with Gasteiger partial charge in [-0.1, -0.05) is 27.5 Å². The number of halogens is 4. The molecule has 1 aromatic carbocycles. The van der Waals surface area contributed by atoms with Gasteiger partial charge in [-0.25, -0.2) is 13.8 Å². The monoisotopic (exact) mass is 360 g/mol. The summed E-state index contributed by atoms with van der Waals surface area (Å²) in [4.78, 5) is 15.9. The molecule has 2 aromatic rings. The third-order valence-corrected chi connectivity index (χ3v) is 3.08. The number of hydrogen-bond acceptors (Lipinski definition) is 2. The van der Waals surface area contributed by atoms with Crippen LogP contribution in [-0.4, -0.2) is 10.9 Å². The molecule has 0 atom stereocenters. The molecule has 7 heteroatoms. The van der Waals surface area contributed by atoms with Gasteiger partial charge in [-0.05, 0) is 31.2 Å². The minimum Gasteiger partial charge on any atom is -0.317 e. The predicted octanol–water partition coefficient (Wildman–Crippen LogP) is 4.34. The number of carbonyl (C=O) groups is 1. The number of nitrogens with one attached hydrogen (secondary N) is 1. The first kappa shape index (κ1) is 14.9. The third kappa shape index (κ3) is 3.32. The zero-order chi connectivity index (χ0) is 14.9. The molecule has 20 heavy (non-hydrogen) atoms. The summed E-state index contributed by atoms with van der Waals surface area (Å²) >= 11 is 8.69.